The maximum atomic E-state index is 5.28. The summed E-state index contributed by atoms with van der Waals surface area (Å²) in [6, 6.07) is 0.386. The summed E-state index contributed by atoms with van der Waals surface area (Å²) >= 11 is 0. The summed E-state index contributed by atoms with van der Waals surface area (Å²) in [6.07, 6.45) is 1.89. The molecular weight excluding hydrogens is 276 g/mol. The lowest BCUT2D eigenvalue weighted by Crippen LogP contribution is -2.25. The van der Waals surface area contributed by atoms with E-state index < -0.39 is 0 Å². The fraction of sp³-hybridized carbons (Fsp3) is 0.583. The van der Waals surface area contributed by atoms with Gasteiger partial charge in [-0.3, -0.25) is 0 Å². The Morgan fingerprint density at radius 2 is 1.81 bits per heavy atom. The Labute approximate surface area is 121 Å². The minimum Gasteiger partial charge on any atom is -0.467 e. The molecule has 0 bridgehead atoms. The summed E-state index contributed by atoms with van der Waals surface area (Å²) in [7, 11) is 3.00. The van der Waals surface area contributed by atoms with Gasteiger partial charge in [0, 0.05) is 6.54 Å². The summed E-state index contributed by atoms with van der Waals surface area (Å²) in [6.45, 7) is 2.59. The number of nitrogens with zero attached hydrogens (tertiary/aromatic N) is 6. The van der Waals surface area contributed by atoms with E-state index in [0.29, 0.717) is 17.7 Å². The molecule has 3 heterocycles. The molecule has 2 aromatic rings. The molecule has 0 spiro atoms. The molecule has 9 heteroatoms. The van der Waals surface area contributed by atoms with Crippen LogP contribution < -0.4 is 14.4 Å². The number of ether oxygens (including phenoxy) is 2. The second-order valence-electron chi connectivity index (χ2n) is 4.64. The highest BCUT2D eigenvalue weighted by molar-refractivity contribution is 5.36. The van der Waals surface area contributed by atoms with Gasteiger partial charge in [0.15, 0.2) is 5.82 Å². The Balaban J connectivity index is 1.94. The molecule has 0 N–H and O–H groups in total. The molecule has 1 unspecified atom stereocenters. The zero-order valence-corrected chi connectivity index (χ0v) is 12.1. The van der Waals surface area contributed by atoms with Crippen molar-refractivity contribution in [2.45, 2.75) is 25.8 Å². The molecule has 0 aliphatic carbocycles. The number of rotatable bonds is 4. The molecule has 9 nitrogen and oxygen atoms in total. The van der Waals surface area contributed by atoms with Crippen LogP contribution in [-0.4, -0.2) is 45.9 Å². The number of methoxy groups -OCH3 is 2. The average Bonchev–Trinajstić information content (AvgIpc) is 3.14. The van der Waals surface area contributed by atoms with E-state index in [-0.39, 0.29) is 18.1 Å². The van der Waals surface area contributed by atoms with E-state index >= 15 is 0 Å². The largest absolute Gasteiger partial charge is 0.467 e. The Hall–Kier alpha value is -2.45. The highest BCUT2D eigenvalue weighted by atomic mass is 16.5. The number of anilines is 1. The third kappa shape index (κ3) is 2.58. The van der Waals surface area contributed by atoms with E-state index in [1.165, 1.54) is 14.2 Å². The van der Waals surface area contributed by atoms with Crippen LogP contribution in [0.3, 0.4) is 0 Å². The molecule has 1 fully saturated rings. The summed E-state index contributed by atoms with van der Waals surface area (Å²) < 4.78 is 15.4. The van der Waals surface area contributed by atoms with Crippen molar-refractivity contribution >= 4 is 5.95 Å². The van der Waals surface area contributed by atoms with Gasteiger partial charge in [0.2, 0.25) is 11.8 Å². The molecule has 0 saturated carbocycles. The second kappa shape index (κ2) is 5.51. The van der Waals surface area contributed by atoms with Crippen molar-refractivity contribution in [1.82, 2.24) is 25.1 Å². The molecule has 21 heavy (non-hydrogen) atoms. The van der Waals surface area contributed by atoms with Crippen molar-refractivity contribution in [2.24, 2.45) is 0 Å². The Morgan fingerprint density at radius 3 is 2.38 bits per heavy atom. The molecule has 0 amide bonds. The topological polar surface area (TPSA) is 99.3 Å². The van der Waals surface area contributed by atoms with Crippen LogP contribution in [0.1, 0.15) is 30.6 Å². The van der Waals surface area contributed by atoms with Crippen molar-refractivity contribution in [2.75, 3.05) is 25.7 Å². The van der Waals surface area contributed by atoms with Crippen molar-refractivity contribution in [3.05, 3.63) is 11.7 Å². The van der Waals surface area contributed by atoms with E-state index in [4.69, 9.17) is 14.0 Å². The summed E-state index contributed by atoms with van der Waals surface area (Å²) in [5, 5.41) is 3.84. The lowest BCUT2D eigenvalue weighted by atomic mass is 10.2. The van der Waals surface area contributed by atoms with Crippen LogP contribution in [0.5, 0.6) is 12.0 Å². The minimum absolute atomic E-state index is 0.0389. The third-order valence-electron chi connectivity index (χ3n) is 3.29. The summed E-state index contributed by atoms with van der Waals surface area (Å²) in [5.41, 5.74) is 0. The molecule has 1 saturated heterocycles. The van der Waals surface area contributed by atoms with Gasteiger partial charge in [-0.2, -0.15) is 15.0 Å². The SMILES string of the molecule is COc1nc(OC)nc(N2CCCC2c2nc(C)no2)n1. The maximum absolute atomic E-state index is 5.28. The molecule has 1 atom stereocenters. The summed E-state index contributed by atoms with van der Waals surface area (Å²) in [5.74, 6) is 1.67. The first-order chi connectivity index (χ1) is 10.2. The van der Waals surface area contributed by atoms with Gasteiger partial charge in [-0.1, -0.05) is 5.16 Å². The molecule has 0 radical (unpaired) electrons. The zero-order valence-electron chi connectivity index (χ0n) is 12.1. The van der Waals surface area contributed by atoms with E-state index in [1.807, 2.05) is 4.90 Å². The number of aryl methyl sites for hydroxylation is 1. The van der Waals surface area contributed by atoms with Gasteiger partial charge in [-0.25, -0.2) is 0 Å². The van der Waals surface area contributed by atoms with E-state index in [1.54, 1.807) is 6.92 Å². The van der Waals surface area contributed by atoms with Gasteiger partial charge < -0.3 is 18.9 Å². The predicted molar refractivity (Wildman–Crippen MR) is 71.3 cm³/mol. The van der Waals surface area contributed by atoms with Gasteiger partial charge in [0.25, 0.3) is 0 Å². The van der Waals surface area contributed by atoms with Gasteiger partial charge >= 0.3 is 12.0 Å². The highest BCUT2D eigenvalue weighted by Gasteiger charge is 2.33. The lowest BCUT2D eigenvalue weighted by Gasteiger charge is -2.21. The Kier molecular flexibility index (Phi) is 3.55. The van der Waals surface area contributed by atoms with Gasteiger partial charge in [0.05, 0.1) is 14.2 Å². The van der Waals surface area contributed by atoms with Crippen LogP contribution in [0.4, 0.5) is 5.95 Å². The average molecular weight is 292 g/mol. The monoisotopic (exact) mass is 292 g/mol. The van der Waals surface area contributed by atoms with E-state index in [0.717, 1.165) is 19.4 Å². The minimum atomic E-state index is -0.0389. The molecular formula is C12H16N6O3. The predicted octanol–water partition coefficient (Wildman–Crippen LogP) is 0.922. The van der Waals surface area contributed by atoms with Gasteiger partial charge in [-0.05, 0) is 19.8 Å². The molecule has 0 aromatic carbocycles. The Bertz CT molecular complexity index is 609. The van der Waals surface area contributed by atoms with Crippen LogP contribution >= 0.6 is 0 Å². The first-order valence-corrected chi connectivity index (χ1v) is 6.62. The quantitative estimate of drug-likeness (QED) is 0.814. The second-order valence-corrected chi connectivity index (χ2v) is 4.64. The molecule has 2 aromatic heterocycles. The number of aromatic nitrogens is 5. The Morgan fingerprint density at radius 1 is 1.10 bits per heavy atom. The first-order valence-electron chi connectivity index (χ1n) is 6.62. The smallest absolute Gasteiger partial charge is 0.324 e. The molecule has 1 aliphatic heterocycles. The standard InChI is InChI=1S/C12H16N6O3/c1-7-13-9(21-17-7)8-5-4-6-18(8)10-14-11(19-2)16-12(15-10)20-3/h8H,4-6H2,1-3H3. The maximum Gasteiger partial charge on any atom is 0.324 e. The van der Waals surface area contributed by atoms with Crippen LogP contribution in [-0.2, 0) is 0 Å². The highest BCUT2D eigenvalue weighted by Crippen LogP contribution is 2.34. The molecule has 3 rings (SSSR count). The fourth-order valence-electron chi connectivity index (χ4n) is 2.35. The van der Waals surface area contributed by atoms with Crippen LogP contribution in [0.2, 0.25) is 0 Å². The molecule has 1 aliphatic rings. The summed E-state index contributed by atoms with van der Waals surface area (Å²) in [4.78, 5) is 18.9. The van der Waals surface area contributed by atoms with Gasteiger partial charge in [0.1, 0.15) is 6.04 Å². The zero-order chi connectivity index (χ0) is 14.8. The normalized spacial score (nSPS) is 18.0. The lowest BCUT2D eigenvalue weighted by molar-refractivity contribution is 0.335. The molecule has 112 valence electrons. The van der Waals surface area contributed by atoms with Crippen molar-refractivity contribution in [3.63, 3.8) is 0 Å². The van der Waals surface area contributed by atoms with Crippen molar-refractivity contribution in [1.29, 1.82) is 0 Å². The van der Waals surface area contributed by atoms with Crippen molar-refractivity contribution < 1.29 is 14.0 Å². The van der Waals surface area contributed by atoms with Crippen LogP contribution in [0.25, 0.3) is 0 Å². The van der Waals surface area contributed by atoms with E-state index in [9.17, 15) is 0 Å². The number of hydrogen-bond acceptors (Lipinski definition) is 9. The first kappa shape index (κ1) is 13.5. The number of hydrogen-bond donors (Lipinski definition) is 0. The van der Waals surface area contributed by atoms with Crippen molar-refractivity contribution in [3.8, 4) is 12.0 Å². The van der Waals surface area contributed by atoms with E-state index in [2.05, 4.69) is 25.1 Å². The third-order valence-corrected chi connectivity index (χ3v) is 3.29. The van der Waals surface area contributed by atoms with Gasteiger partial charge in [-0.15, -0.1) is 4.98 Å². The fourth-order valence-corrected chi connectivity index (χ4v) is 2.35. The van der Waals surface area contributed by atoms with Crippen LogP contribution in [0, 0.1) is 6.92 Å². The van der Waals surface area contributed by atoms with Crippen LogP contribution in [0.15, 0.2) is 4.52 Å².